The lowest BCUT2D eigenvalue weighted by molar-refractivity contribution is 0.917. The van der Waals surface area contributed by atoms with Crippen molar-refractivity contribution in [2.75, 3.05) is 11.9 Å². The minimum absolute atomic E-state index is 0.756. The van der Waals surface area contributed by atoms with Gasteiger partial charge in [0, 0.05) is 29.4 Å². The van der Waals surface area contributed by atoms with Crippen molar-refractivity contribution in [2.24, 2.45) is 0 Å². The van der Waals surface area contributed by atoms with Gasteiger partial charge in [0.25, 0.3) is 0 Å². The van der Waals surface area contributed by atoms with Crippen LogP contribution in [-0.4, -0.2) is 21.5 Å². The molecule has 0 amide bonds. The quantitative estimate of drug-likeness (QED) is 0.801. The molecule has 0 radical (unpaired) electrons. The van der Waals surface area contributed by atoms with E-state index in [-0.39, 0.29) is 0 Å². The molecular weight excluding hydrogens is 280 g/mol. The number of aryl methyl sites for hydroxylation is 2. The molecule has 1 aliphatic rings. The van der Waals surface area contributed by atoms with Crippen molar-refractivity contribution in [3.05, 3.63) is 35.0 Å². The van der Waals surface area contributed by atoms with E-state index in [2.05, 4.69) is 17.2 Å². The molecule has 4 rings (SSSR count). The van der Waals surface area contributed by atoms with Crippen LogP contribution in [0.1, 0.15) is 23.8 Å². The second-order valence-corrected chi connectivity index (χ2v) is 6.29. The van der Waals surface area contributed by atoms with Gasteiger partial charge in [0.15, 0.2) is 5.82 Å². The maximum absolute atomic E-state index is 4.78. The lowest BCUT2D eigenvalue weighted by Crippen LogP contribution is -2.03. The summed E-state index contributed by atoms with van der Waals surface area (Å²) in [5, 5.41) is 4.65. The number of rotatable bonds is 3. The Labute approximate surface area is 127 Å². The first kappa shape index (κ1) is 12.7. The van der Waals surface area contributed by atoms with Gasteiger partial charge in [-0.2, -0.15) is 0 Å². The van der Waals surface area contributed by atoms with E-state index >= 15 is 0 Å². The highest BCUT2D eigenvalue weighted by atomic mass is 32.1. The standard InChI is InChI=1S/C16H16N4S/c1-2-18-15-13-11-6-3-7-12(11)21-16(13)20-14(19-15)10-5-4-8-17-9-10/h4-5,8-9H,2-3,6-7H2,1H3,(H,18,19,20). The van der Waals surface area contributed by atoms with Crippen LogP contribution in [0.3, 0.4) is 0 Å². The van der Waals surface area contributed by atoms with Gasteiger partial charge in [-0.05, 0) is 43.9 Å². The number of nitrogens with zero attached hydrogens (tertiary/aromatic N) is 3. The van der Waals surface area contributed by atoms with Gasteiger partial charge in [-0.1, -0.05) is 0 Å². The van der Waals surface area contributed by atoms with Gasteiger partial charge in [0.05, 0.1) is 5.39 Å². The number of hydrogen-bond donors (Lipinski definition) is 1. The molecular formula is C16H16N4S. The van der Waals surface area contributed by atoms with E-state index in [0.29, 0.717) is 0 Å². The van der Waals surface area contributed by atoms with E-state index in [1.165, 1.54) is 28.7 Å². The van der Waals surface area contributed by atoms with Crippen molar-refractivity contribution < 1.29 is 0 Å². The second-order valence-electron chi connectivity index (χ2n) is 5.21. The van der Waals surface area contributed by atoms with Gasteiger partial charge in [-0.15, -0.1) is 11.3 Å². The molecule has 0 spiro atoms. The molecule has 1 aliphatic carbocycles. The topological polar surface area (TPSA) is 50.7 Å². The SMILES string of the molecule is CCNc1nc(-c2cccnc2)nc2sc3c(c12)CCC3. The number of pyridine rings is 1. The molecule has 0 atom stereocenters. The number of thiophene rings is 1. The molecule has 0 saturated carbocycles. The third-order valence-corrected chi connectivity index (χ3v) is 5.01. The summed E-state index contributed by atoms with van der Waals surface area (Å²) < 4.78 is 0. The first-order valence-corrected chi connectivity index (χ1v) is 8.15. The largest absolute Gasteiger partial charge is 0.370 e. The summed E-state index contributed by atoms with van der Waals surface area (Å²) >= 11 is 1.82. The molecule has 3 aromatic rings. The Morgan fingerprint density at radius 1 is 1.29 bits per heavy atom. The smallest absolute Gasteiger partial charge is 0.164 e. The monoisotopic (exact) mass is 296 g/mol. The van der Waals surface area contributed by atoms with Crippen LogP contribution < -0.4 is 5.32 Å². The molecule has 106 valence electrons. The minimum atomic E-state index is 0.756. The highest BCUT2D eigenvalue weighted by Crippen LogP contribution is 2.40. The van der Waals surface area contributed by atoms with Crippen LogP contribution in [0.2, 0.25) is 0 Å². The van der Waals surface area contributed by atoms with E-state index in [1.807, 2.05) is 29.7 Å². The van der Waals surface area contributed by atoms with Crippen LogP contribution in [0.5, 0.6) is 0 Å². The molecule has 4 nitrogen and oxygen atoms in total. The molecule has 21 heavy (non-hydrogen) atoms. The van der Waals surface area contributed by atoms with Crippen molar-refractivity contribution in [1.29, 1.82) is 0 Å². The Morgan fingerprint density at radius 2 is 2.24 bits per heavy atom. The highest BCUT2D eigenvalue weighted by molar-refractivity contribution is 7.19. The van der Waals surface area contributed by atoms with Gasteiger partial charge < -0.3 is 5.32 Å². The molecule has 0 saturated heterocycles. The lowest BCUT2D eigenvalue weighted by Gasteiger charge is -2.08. The Morgan fingerprint density at radius 3 is 3.05 bits per heavy atom. The molecule has 0 aliphatic heterocycles. The number of hydrogen-bond acceptors (Lipinski definition) is 5. The maximum Gasteiger partial charge on any atom is 0.164 e. The van der Waals surface area contributed by atoms with Gasteiger partial charge in [0.1, 0.15) is 10.6 Å². The van der Waals surface area contributed by atoms with Gasteiger partial charge in [0.2, 0.25) is 0 Å². The summed E-state index contributed by atoms with van der Waals surface area (Å²) in [7, 11) is 0. The first-order valence-electron chi connectivity index (χ1n) is 7.33. The van der Waals surface area contributed by atoms with Gasteiger partial charge >= 0.3 is 0 Å². The fourth-order valence-corrected chi connectivity index (χ4v) is 4.18. The van der Waals surface area contributed by atoms with Crippen molar-refractivity contribution in [3.63, 3.8) is 0 Å². The van der Waals surface area contributed by atoms with E-state index in [9.17, 15) is 0 Å². The molecule has 0 bridgehead atoms. The van der Waals surface area contributed by atoms with E-state index < -0.39 is 0 Å². The molecule has 0 unspecified atom stereocenters. The third-order valence-electron chi connectivity index (χ3n) is 3.83. The average molecular weight is 296 g/mol. The summed E-state index contributed by atoms with van der Waals surface area (Å²) in [4.78, 5) is 16.3. The summed E-state index contributed by atoms with van der Waals surface area (Å²) in [6, 6.07) is 3.93. The van der Waals surface area contributed by atoms with Crippen LogP contribution in [-0.2, 0) is 12.8 Å². The molecule has 3 heterocycles. The van der Waals surface area contributed by atoms with Gasteiger partial charge in [-0.25, -0.2) is 9.97 Å². The van der Waals surface area contributed by atoms with Crippen LogP contribution in [0.4, 0.5) is 5.82 Å². The zero-order valence-corrected chi connectivity index (χ0v) is 12.7. The normalized spacial score (nSPS) is 13.6. The van der Waals surface area contributed by atoms with Crippen LogP contribution in [0, 0.1) is 0 Å². The number of nitrogens with one attached hydrogen (secondary N) is 1. The summed E-state index contributed by atoms with van der Waals surface area (Å²) in [6.07, 6.45) is 7.19. The van der Waals surface area contributed by atoms with Crippen molar-refractivity contribution >= 4 is 27.4 Å². The van der Waals surface area contributed by atoms with Crippen LogP contribution >= 0.6 is 11.3 Å². The predicted octanol–water partition coefficient (Wildman–Crippen LogP) is 3.67. The van der Waals surface area contributed by atoms with E-state index in [1.54, 1.807) is 6.20 Å². The predicted molar refractivity (Wildman–Crippen MR) is 86.8 cm³/mol. The van der Waals surface area contributed by atoms with Crippen LogP contribution in [0.15, 0.2) is 24.5 Å². The summed E-state index contributed by atoms with van der Waals surface area (Å²) in [6.45, 7) is 2.97. The van der Waals surface area contributed by atoms with E-state index in [0.717, 1.165) is 35.0 Å². The van der Waals surface area contributed by atoms with Crippen molar-refractivity contribution in [1.82, 2.24) is 15.0 Å². The number of aromatic nitrogens is 3. The average Bonchev–Trinajstić information content (AvgIpc) is 3.08. The Bertz CT molecular complexity index is 795. The molecule has 5 heteroatoms. The zero-order valence-electron chi connectivity index (χ0n) is 11.9. The molecule has 0 fully saturated rings. The Kier molecular flexibility index (Phi) is 3.07. The second kappa shape index (κ2) is 5.07. The first-order chi connectivity index (χ1) is 10.4. The third kappa shape index (κ3) is 2.08. The Hall–Kier alpha value is -2.01. The zero-order chi connectivity index (χ0) is 14.2. The molecule has 0 aromatic carbocycles. The summed E-state index contributed by atoms with van der Waals surface area (Å²) in [5.74, 6) is 1.73. The molecule has 1 N–H and O–H groups in total. The molecule has 3 aromatic heterocycles. The van der Waals surface area contributed by atoms with E-state index in [4.69, 9.17) is 9.97 Å². The lowest BCUT2D eigenvalue weighted by atomic mass is 10.2. The highest BCUT2D eigenvalue weighted by Gasteiger charge is 2.22. The Balaban J connectivity index is 1.95. The number of fused-ring (bicyclic) bond motifs is 3. The fraction of sp³-hybridized carbons (Fsp3) is 0.312. The summed E-state index contributed by atoms with van der Waals surface area (Å²) in [5.41, 5.74) is 2.43. The maximum atomic E-state index is 4.78. The van der Waals surface area contributed by atoms with Crippen molar-refractivity contribution in [2.45, 2.75) is 26.2 Å². The van der Waals surface area contributed by atoms with Crippen LogP contribution in [0.25, 0.3) is 21.6 Å². The fourth-order valence-electron chi connectivity index (χ4n) is 2.92. The van der Waals surface area contributed by atoms with Crippen molar-refractivity contribution in [3.8, 4) is 11.4 Å². The number of anilines is 1. The minimum Gasteiger partial charge on any atom is -0.370 e. The van der Waals surface area contributed by atoms with Gasteiger partial charge in [-0.3, -0.25) is 4.98 Å².